The maximum absolute atomic E-state index is 13.4. The lowest BCUT2D eigenvalue weighted by Crippen LogP contribution is -2.50. The van der Waals surface area contributed by atoms with Gasteiger partial charge in [0, 0.05) is 37.9 Å². The fourth-order valence-electron chi connectivity index (χ4n) is 4.87. The third kappa shape index (κ3) is 5.03. The molecule has 6 heteroatoms. The van der Waals surface area contributed by atoms with Crippen LogP contribution in [-0.4, -0.2) is 44.9 Å². The molecule has 1 aliphatic heterocycles. The number of carbonyl (C=O) groups is 1. The van der Waals surface area contributed by atoms with Crippen LogP contribution >= 0.6 is 0 Å². The molecule has 1 fully saturated rings. The molecule has 5 nitrogen and oxygen atoms in total. The number of halogens is 1. The van der Waals surface area contributed by atoms with E-state index in [1.165, 1.54) is 12.1 Å². The summed E-state index contributed by atoms with van der Waals surface area (Å²) < 4.78 is 15.5. The van der Waals surface area contributed by atoms with Crippen molar-refractivity contribution < 1.29 is 9.18 Å². The maximum atomic E-state index is 13.4. The second-order valence-corrected chi connectivity index (χ2v) is 9.05. The van der Waals surface area contributed by atoms with Gasteiger partial charge in [-0.05, 0) is 42.3 Å². The van der Waals surface area contributed by atoms with Crippen molar-refractivity contribution in [1.29, 1.82) is 0 Å². The van der Waals surface area contributed by atoms with Crippen LogP contribution in [0.3, 0.4) is 0 Å². The molecule has 35 heavy (non-hydrogen) atoms. The van der Waals surface area contributed by atoms with Crippen LogP contribution in [0.4, 0.5) is 4.39 Å². The van der Waals surface area contributed by atoms with Crippen molar-refractivity contribution in [2.24, 2.45) is 0 Å². The van der Waals surface area contributed by atoms with Crippen LogP contribution in [0.2, 0.25) is 0 Å². The average molecular weight is 469 g/mol. The van der Waals surface area contributed by atoms with Gasteiger partial charge in [0.2, 0.25) is 0 Å². The summed E-state index contributed by atoms with van der Waals surface area (Å²) in [7, 11) is 0. The fraction of sp³-hybridized carbons (Fsp3) is 0.241. The minimum absolute atomic E-state index is 0.0384. The van der Waals surface area contributed by atoms with Gasteiger partial charge in [0.05, 0.1) is 24.1 Å². The highest BCUT2D eigenvalue weighted by molar-refractivity contribution is 5.94. The van der Waals surface area contributed by atoms with Gasteiger partial charge in [-0.15, -0.1) is 0 Å². The number of carbonyl (C=O) groups excluding carboxylic acids is 1. The molecule has 1 aliphatic rings. The van der Waals surface area contributed by atoms with Crippen molar-refractivity contribution in [3.05, 3.63) is 126 Å². The van der Waals surface area contributed by atoms with Gasteiger partial charge in [-0.25, -0.2) is 9.37 Å². The molecule has 2 atom stereocenters. The van der Waals surface area contributed by atoms with Gasteiger partial charge in [0.25, 0.3) is 5.91 Å². The number of imidazole rings is 1. The van der Waals surface area contributed by atoms with Gasteiger partial charge in [0.1, 0.15) is 5.82 Å². The molecule has 1 amide bonds. The summed E-state index contributed by atoms with van der Waals surface area (Å²) in [6.45, 7) is 4.98. The Morgan fingerprint density at radius 1 is 0.971 bits per heavy atom. The van der Waals surface area contributed by atoms with E-state index in [4.69, 9.17) is 0 Å². The number of hydrogen-bond donors (Lipinski definition) is 0. The molecule has 0 bridgehead atoms. The normalized spacial score (nSPS) is 17.3. The van der Waals surface area contributed by atoms with Gasteiger partial charge < -0.3 is 9.47 Å². The Kier molecular flexibility index (Phi) is 6.73. The van der Waals surface area contributed by atoms with Crippen LogP contribution in [0.5, 0.6) is 0 Å². The molecule has 2 heterocycles. The van der Waals surface area contributed by atoms with Crippen molar-refractivity contribution >= 4 is 5.91 Å². The molecular weight excluding hydrogens is 439 g/mol. The molecule has 4 aromatic rings. The highest BCUT2D eigenvalue weighted by Crippen LogP contribution is 2.29. The number of nitrogens with zero attached hydrogens (tertiary/aromatic N) is 4. The lowest BCUT2D eigenvalue weighted by atomic mass is 10.0. The smallest absolute Gasteiger partial charge is 0.254 e. The first-order valence-electron chi connectivity index (χ1n) is 12.0. The summed E-state index contributed by atoms with van der Waals surface area (Å²) in [4.78, 5) is 22.2. The zero-order chi connectivity index (χ0) is 24.2. The molecule has 0 radical (unpaired) electrons. The number of aromatic nitrogens is 2. The maximum Gasteiger partial charge on any atom is 0.254 e. The molecule has 0 saturated carbocycles. The lowest BCUT2D eigenvalue weighted by Gasteiger charge is -2.42. The van der Waals surface area contributed by atoms with Crippen molar-refractivity contribution in [3.8, 4) is 0 Å². The first kappa shape index (κ1) is 23.0. The van der Waals surface area contributed by atoms with Crippen LogP contribution in [-0.2, 0) is 6.54 Å². The standard InChI is InChI=1S/C29H29FN4O/c1-22(23-12-14-26(30)15-13-23)34-21-31-18-27(34)19-32-16-17-33(29(35)25-10-6-3-7-11-25)28(20-32)24-8-4-2-5-9-24/h2-15,18,21-22,28H,16-17,19-20H2,1H3/t22-,28?/m1/s1. The van der Waals surface area contributed by atoms with Crippen LogP contribution < -0.4 is 0 Å². The predicted molar refractivity (Wildman–Crippen MR) is 134 cm³/mol. The summed E-state index contributed by atoms with van der Waals surface area (Å²) in [5.41, 5.74) is 3.98. The third-order valence-electron chi connectivity index (χ3n) is 6.83. The zero-order valence-corrected chi connectivity index (χ0v) is 19.8. The number of amides is 1. The van der Waals surface area contributed by atoms with E-state index in [2.05, 4.69) is 33.5 Å². The number of piperazine rings is 1. The first-order valence-corrected chi connectivity index (χ1v) is 12.0. The van der Waals surface area contributed by atoms with Crippen LogP contribution in [0, 0.1) is 5.82 Å². The van der Waals surface area contributed by atoms with E-state index >= 15 is 0 Å². The molecular formula is C29H29FN4O. The van der Waals surface area contributed by atoms with E-state index in [1.807, 2.05) is 78.1 Å². The Balaban J connectivity index is 1.36. The molecule has 0 N–H and O–H groups in total. The Morgan fingerprint density at radius 2 is 1.66 bits per heavy atom. The Hall–Kier alpha value is -3.77. The summed E-state index contributed by atoms with van der Waals surface area (Å²) >= 11 is 0. The Labute approximate surface area is 205 Å². The zero-order valence-electron chi connectivity index (χ0n) is 19.8. The van der Waals surface area contributed by atoms with Gasteiger partial charge in [-0.3, -0.25) is 9.69 Å². The number of hydrogen-bond acceptors (Lipinski definition) is 3. The third-order valence-corrected chi connectivity index (χ3v) is 6.83. The van der Waals surface area contributed by atoms with E-state index in [-0.39, 0.29) is 23.8 Å². The molecule has 3 aromatic carbocycles. The molecule has 0 aliphatic carbocycles. The molecule has 1 saturated heterocycles. The molecule has 1 unspecified atom stereocenters. The minimum atomic E-state index is -0.235. The van der Waals surface area contributed by atoms with Crippen molar-refractivity contribution in [2.45, 2.75) is 25.6 Å². The number of benzene rings is 3. The fourth-order valence-corrected chi connectivity index (χ4v) is 4.87. The molecule has 0 spiro atoms. The van der Waals surface area contributed by atoms with E-state index < -0.39 is 0 Å². The van der Waals surface area contributed by atoms with Crippen LogP contribution in [0.25, 0.3) is 0 Å². The lowest BCUT2D eigenvalue weighted by molar-refractivity contribution is 0.0429. The van der Waals surface area contributed by atoms with Crippen molar-refractivity contribution in [3.63, 3.8) is 0 Å². The second kappa shape index (κ2) is 10.2. The number of rotatable bonds is 6. The Morgan fingerprint density at radius 3 is 2.37 bits per heavy atom. The highest BCUT2D eigenvalue weighted by Gasteiger charge is 2.32. The van der Waals surface area contributed by atoms with E-state index in [9.17, 15) is 9.18 Å². The topological polar surface area (TPSA) is 41.4 Å². The van der Waals surface area contributed by atoms with E-state index in [0.29, 0.717) is 12.1 Å². The molecule has 5 rings (SSSR count). The highest BCUT2D eigenvalue weighted by atomic mass is 19.1. The van der Waals surface area contributed by atoms with Gasteiger partial charge >= 0.3 is 0 Å². The monoisotopic (exact) mass is 468 g/mol. The molecule has 178 valence electrons. The molecule has 1 aromatic heterocycles. The van der Waals surface area contributed by atoms with Crippen LogP contribution in [0.1, 0.15) is 46.2 Å². The largest absolute Gasteiger partial charge is 0.329 e. The quantitative estimate of drug-likeness (QED) is 0.384. The second-order valence-electron chi connectivity index (χ2n) is 9.05. The SMILES string of the molecule is C[C@H](c1ccc(F)cc1)n1cncc1CN1CCN(C(=O)c2ccccc2)C(c2ccccc2)C1. The van der Waals surface area contributed by atoms with Gasteiger partial charge in [-0.1, -0.05) is 60.7 Å². The summed E-state index contributed by atoms with van der Waals surface area (Å²) in [5, 5.41) is 0. The van der Waals surface area contributed by atoms with Crippen LogP contribution in [0.15, 0.2) is 97.5 Å². The van der Waals surface area contributed by atoms with Gasteiger partial charge in [0.15, 0.2) is 0 Å². The average Bonchev–Trinajstić information content (AvgIpc) is 3.37. The first-order chi connectivity index (χ1) is 17.1. The van der Waals surface area contributed by atoms with Gasteiger partial charge in [-0.2, -0.15) is 0 Å². The summed E-state index contributed by atoms with van der Waals surface area (Å²) in [5.74, 6) is -0.171. The minimum Gasteiger partial charge on any atom is -0.329 e. The predicted octanol–water partition coefficient (Wildman–Crippen LogP) is 5.33. The van der Waals surface area contributed by atoms with E-state index in [0.717, 1.165) is 36.5 Å². The summed E-state index contributed by atoms with van der Waals surface area (Å²) in [6, 6.07) is 26.4. The van der Waals surface area contributed by atoms with Crippen molar-refractivity contribution in [1.82, 2.24) is 19.4 Å². The van der Waals surface area contributed by atoms with E-state index in [1.54, 1.807) is 0 Å². The van der Waals surface area contributed by atoms with Crippen molar-refractivity contribution in [2.75, 3.05) is 19.6 Å². The summed E-state index contributed by atoms with van der Waals surface area (Å²) in [6.07, 6.45) is 3.74. The Bertz CT molecular complexity index is 1260.